The van der Waals surface area contributed by atoms with E-state index in [9.17, 15) is 4.79 Å². The van der Waals surface area contributed by atoms with Gasteiger partial charge in [0, 0.05) is 24.8 Å². The highest BCUT2D eigenvalue weighted by molar-refractivity contribution is 5.94. The predicted octanol–water partition coefficient (Wildman–Crippen LogP) is 2.84. The molecule has 0 unspecified atom stereocenters. The van der Waals surface area contributed by atoms with Crippen molar-refractivity contribution in [2.24, 2.45) is 0 Å². The van der Waals surface area contributed by atoms with Crippen LogP contribution in [0.4, 0.5) is 0 Å². The first-order valence-corrected chi connectivity index (χ1v) is 9.23. The number of nitrogens with zero attached hydrogens (tertiary/aromatic N) is 3. The summed E-state index contributed by atoms with van der Waals surface area (Å²) < 4.78 is 10.3. The van der Waals surface area contributed by atoms with E-state index < -0.39 is 0 Å². The van der Waals surface area contributed by atoms with Crippen molar-refractivity contribution < 1.29 is 14.3 Å². The van der Waals surface area contributed by atoms with Gasteiger partial charge in [-0.25, -0.2) is 4.98 Å². The van der Waals surface area contributed by atoms with Gasteiger partial charge in [0.05, 0.1) is 19.8 Å². The molecule has 27 heavy (non-hydrogen) atoms. The van der Waals surface area contributed by atoms with Gasteiger partial charge in [-0.3, -0.25) is 4.79 Å². The maximum atomic E-state index is 13.3. The number of ether oxygens (including phenoxy) is 2. The summed E-state index contributed by atoms with van der Waals surface area (Å²) in [4.78, 5) is 21.7. The molecule has 0 aliphatic carbocycles. The number of carbonyl (C=O) groups excluding carboxylic acids is 1. The summed E-state index contributed by atoms with van der Waals surface area (Å²) in [7, 11) is 5.34. The minimum Gasteiger partial charge on any atom is -0.497 e. The highest BCUT2D eigenvalue weighted by Gasteiger charge is 2.28. The van der Waals surface area contributed by atoms with Gasteiger partial charge in [0.1, 0.15) is 5.75 Å². The molecule has 0 bridgehead atoms. The number of pyridine rings is 1. The molecule has 3 rings (SSSR count). The van der Waals surface area contributed by atoms with Crippen LogP contribution in [0, 0.1) is 0 Å². The second kappa shape index (κ2) is 8.86. The molecule has 1 amide bonds. The van der Waals surface area contributed by atoms with Crippen LogP contribution in [0.25, 0.3) is 0 Å². The van der Waals surface area contributed by atoms with E-state index in [1.54, 1.807) is 32.5 Å². The molecule has 1 aromatic heterocycles. The fourth-order valence-corrected chi connectivity index (χ4v) is 3.39. The minimum atomic E-state index is 0.00974. The first kappa shape index (κ1) is 19.2. The van der Waals surface area contributed by atoms with Crippen molar-refractivity contribution in [3.8, 4) is 11.6 Å². The molecule has 1 fully saturated rings. The summed E-state index contributed by atoms with van der Waals surface area (Å²) in [5.74, 6) is 1.33. The lowest BCUT2D eigenvalue weighted by Crippen LogP contribution is -2.46. The third kappa shape index (κ3) is 4.77. The molecule has 0 radical (unpaired) electrons. The zero-order valence-electron chi connectivity index (χ0n) is 16.2. The minimum absolute atomic E-state index is 0.00974. The van der Waals surface area contributed by atoms with Gasteiger partial charge in [0.2, 0.25) is 5.88 Å². The predicted molar refractivity (Wildman–Crippen MR) is 104 cm³/mol. The van der Waals surface area contributed by atoms with Crippen LogP contribution in [-0.4, -0.2) is 61.1 Å². The number of aromatic nitrogens is 1. The Kier molecular flexibility index (Phi) is 6.29. The van der Waals surface area contributed by atoms with Crippen LogP contribution in [0.2, 0.25) is 0 Å². The van der Waals surface area contributed by atoms with Crippen molar-refractivity contribution >= 4 is 5.91 Å². The van der Waals surface area contributed by atoms with Gasteiger partial charge in [-0.2, -0.15) is 0 Å². The topological polar surface area (TPSA) is 54.9 Å². The van der Waals surface area contributed by atoms with E-state index in [-0.39, 0.29) is 11.9 Å². The van der Waals surface area contributed by atoms with Gasteiger partial charge in [0.25, 0.3) is 5.91 Å². The van der Waals surface area contributed by atoms with Crippen LogP contribution in [0.3, 0.4) is 0 Å². The lowest BCUT2D eigenvalue weighted by molar-refractivity contribution is 0.0569. The number of likely N-dealkylation sites (tertiary alicyclic amines) is 1. The van der Waals surface area contributed by atoms with Crippen molar-refractivity contribution in [1.29, 1.82) is 0 Å². The molecule has 1 aromatic carbocycles. The third-order valence-corrected chi connectivity index (χ3v) is 5.09. The Bertz CT molecular complexity index is 738. The number of piperidine rings is 1. The largest absolute Gasteiger partial charge is 0.497 e. The zero-order valence-corrected chi connectivity index (χ0v) is 16.2. The van der Waals surface area contributed by atoms with Gasteiger partial charge in [-0.05, 0) is 56.7 Å². The molecule has 1 aliphatic rings. The van der Waals surface area contributed by atoms with Crippen molar-refractivity contribution in [2.45, 2.75) is 25.4 Å². The number of rotatable bonds is 6. The summed E-state index contributed by atoms with van der Waals surface area (Å²) >= 11 is 0. The van der Waals surface area contributed by atoms with Crippen molar-refractivity contribution in [3.05, 3.63) is 53.7 Å². The fraction of sp³-hybridized carbons (Fsp3) is 0.429. The van der Waals surface area contributed by atoms with Crippen LogP contribution >= 0.6 is 0 Å². The van der Waals surface area contributed by atoms with Gasteiger partial charge in [-0.1, -0.05) is 12.1 Å². The van der Waals surface area contributed by atoms with E-state index in [4.69, 9.17) is 9.47 Å². The quantitative estimate of drug-likeness (QED) is 0.784. The first-order chi connectivity index (χ1) is 13.1. The number of hydrogen-bond acceptors (Lipinski definition) is 5. The van der Waals surface area contributed by atoms with E-state index in [1.807, 2.05) is 29.2 Å². The lowest BCUT2D eigenvalue weighted by Gasteiger charge is -2.37. The Morgan fingerprint density at radius 2 is 1.81 bits per heavy atom. The van der Waals surface area contributed by atoms with Crippen molar-refractivity contribution in [1.82, 2.24) is 14.8 Å². The smallest absolute Gasteiger partial charge is 0.255 e. The summed E-state index contributed by atoms with van der Waals surface area (Å²) in [5.41, 5.74) is 1.67. The molecule has 6 heteroatoms. The SMILES string of the molecule is COc1ccc(CN(C(=O)c2ccc(OC)nc2)C2CCN(C)CC2)cc1. The second-order valence-electron chi connectivity index (χ2n) is 6.90. The average Bonchev–Trinajstić information content (AvgIpc) is 2.73. The summed E-state index contributed by atoms with van der Waals surface area (Å²) in [5, 5.41) is 0. The highest BCUT2D eigenvalue weighted by Crippen LogP contribution is 2.22. The van der Waals surface area contributed by atoms with E-state index in [1.165, 1.54) is 0 Å². The molecule has 0 N–H and O–H groups in total. The van der Waals surface area contributed by atoms with Gasteiger partial charge in [-0.15, -0.1) is 0 Å². The lowest BCUT2D eigenvalue weighted by atomic mass is 10.0. The number of carbonyl (C=O) groups is 1. The monoisotopic (exact) mass is 369 g/mol. The molecule has 1 aliphatic heterocycles. The van der Waals surface area contributed by atoms with Crippen LogP contribution < -0.4 is 9.47 Å². The molecule has 0 atom stereocenters. The standard InChI is InChI=1S/C21H27N3O3/c1-23-12-10-18(11-13-23)24(15-16-4-7-19(26-2)8-5-16)21(25)17-6-9-20(27-3)22-14-17/h4-9,14,18H,10-13,15H2,1-3H3. The molecule has 2 heterocycles. The van der Waals surface area contributed by atoms with Gasteiger partial charge >= 0.3 is 0 Å². The Morgan fingerprint density at radius 1 is 1.11 bits per heavy atom. The van der Waals surface area contributed by atoms with E-state index in [0.717, 1.165) is 37.2 Å². The summed E-state index contributed by atoms with van der Waals surface area (Å²) in [6, 6.07) is 11.6. The Labute approximate surface area is 160 Å². The highest BCUT2D eigenvalue weighted by atomic mass is 16.5. The Balaban J connectivity index is 1.82. The molecule has 6 nitrogen and oxygen atoms in total. The number of methoxy groups -OCH3 is 2. The second-order valence-corrected chi connectivity index (χ2v) is 6.90. The normalized spacial score (nSPS) is 15.4. The molecule has 144 valence electrons. The first-order valence-electron chi connectivity index (χ1n) is 9.23. The molecule has 2 aromatic rings. The van der Waals surface area contributed by atoms with Crippen molar-refractivity contribution in [3.63, 3.8) is 0 Å². The third-order valence-electron chi connectivity index (χ3n) is 5.09. The molecule has 0 saturated carbocycles. The van der Waals surface area contributed by atoms with Crippen LogP contribution in [-0.2, 0) is 6.54 Å². The van der Waals surface area contributed by atoms with Crippen LogP contribution in [0.15, 0.2) is 42.6 Å². The summed E-state index contributed by atoms with van der Waals surface area (Å²) in [6.07, 6.45) is 3.54. The zero-order chi connectivity index (χ0) is 19.2. The molecule has 0 spiro atoms. The van der Waals surface area contributed by atoms with E-state index >= 15 is 0 Å². The molecular weight excluding hydrogens is 342 g/mol. The van der Waals surface area contributed by atoms with Crippen molar-refractivity contribution in [2.75, 3.05) is 34.4 Å². The Hall–Kier alpha value is -2.60. The maximum absolute atomic E-state index is 13.3. The van der Waals surface area contributed by atoms with Gasteiger partial charge in [0.15, 0.2) is 0 Å². The maximum Gasteiger partial charge on any atom is 0.255 e. The molecule has 1 saturated heterocycles. The van der Waals surface area contributed by atoms with E-state index in [0.29, 0.717) is 18.0 Å². The number of hydrogen-bond donors (Lipinski definition) is 0. The van der Waals surface area contributed by atoms with E-state index in [2.05, 4.69) is 16.9 Å². The fourth-order valence-electron chi connectivity index (χ4n) is 3.39. The number of benzene rings is 1. The Morgan fingerprint density at radius 3 is 2.37 bits per heavy atom. The van der Waals surface area contributed by atoms with Gasteiger partial charge < -0.3 is 19.3 Å². The number of amides is 1. The molecular formula is C21H27N3O3. The average molecular weight is 369 g/mol. The van der Waals surface area contributed by atoms with Crippen LogP contribution in [0.5, 0.6) is 11.6 Å². The van der Waals surface area contributed by atoms with Crippen LogP contribution in [0.1, 0.15) is 28.8 Å². The summed E-state index contributed by atoms with van der Waals surface area (Å²) in [6.45, 7) is 2.57.